The van der Waals surface area contributed by atoms with Crippen molar-refractivity contribution in [1.82, 2.24) is 5.43 Å². The zero-order chi connectivity index (χ0) is 9.97. The fourth-order valence-electron chi connectivity index (χ4n) is 1.79. The Labute approximate surface area is 85.0 Å². The van der Waals surface area contributed by atoms with Crippen LogP contribution in [0.4, 0.5) is 5.69 Å². The van der Waals surface area contributed by atoms with Crippen molar-refractivity contribution >= 4 is 11.4 Å². The van der Waals surface area contributed by atoms with E-state index in [1.165, 1.54) is 29.7 Å². The molecule has 1 aliphatic rings. The second kappa shape index (κ2) is 3.82. The second-order valence-electron chi connectivity index (χ2n) is 3.72. The van der Waals surface area contributed by atoms with E-state index >= 15 is 0 Å². The molecular formula is C12H15N2. The van der Waals surface area contributed by atoms with Crippen LogP contribution < -0.4 is 5.43 Å². The fourth-order valence-corrected chi connectivity index (χ4v) is 1.79. The Morgan fingerprint density at radius 2 is 2.14 bits per heavy atom. The maximum absolute atomic E-state index is 4.24. The molecule has 1 radical (unpaired) electrons. The highest BCUT2D eigenvalue weighted by atomic mass is 15.3. The van der Waals surface area contributed by atoms with E-state index in [2.05, 4.69) is 30.4 Å². The number of rotatable bonds is 3. The molecule has 0 spiro atoms. The highest BCUT2D eigenvalue weighted by Gasteiger charge is 2.18. The standard InChI is InChI=1S/C12H15N2/c1-3-4-7-10-12-9(2)6-5-8-11(12)14-13-10/h5-6,8H,3-4,7H2,1-2H3. The zero-order valence-electron chi connectivity index (χ0n) is 8.75. The van der Waals surface area contributed by atoms with Crippen molar-refractivity contribution in [2.75, 3.05) is 0 Å². The molecule has 0 N–H and O–H groups in total. The Balaban J connectivity index is 2.26. The molecule has 0 saturated heterocycles. The van der Waals surface area contributed by atoms with Crippen LogP contribution in [-0.4, -0.2) is 5.71 Å². The summed E-state index contributed by atoms with van der Waals surface area (Å²) in [5.74, 6) is 0. The number of fused-ring (bicyclic) bond motifs is 1. The first-order valence-electron chi connectivity index (χ1n) is 5.20. The van der Waals surface area contributed by atoms with Crippen LogP contribution >= 0.6 is 0 Å². The summed E-state index contributed by atoms with van der Waals surface area (Å²) < 4.78 is 0. The molecule has 2 nitrogen and oxygen atoms in total. The van der Waals surface area contributed by atoms with Gasteiger partial charge in [0.05, 0.1) is 11.4 Å². The van der Waals surface area contributed by atoms with E-state index in [-0.39, 0.29) is 0 Å². The van der Waals surface area contributed by atoms with Crippen LogP contribution in [0.5, 0.6) is 0 Å². The summed E-state index contributed by atoms with van der Waals surface area (Å²) in [6.07, 6.45) is 3.46. The van der Waals surface area contributed by atoms with E-state index < -0.39 is 0 Å². The van der Waals surface area contributed by atoms with Gasteiger partial charge in [-0.25, -0.2) is 0 Å². The monoisotopic (exact) mass is 187 g/mol. The number of benzene rings is 1. The summed E-state index contributed by atoms with van der Waals surface area (Å²) in [7, 11) is 0. The smallest absolute Gasteiger partial charge is 0.0950 e. The summed E-state index contributed by atoms with van der Waals surface area (Å²) in [5.41, 5.74) is 8.94. The Morgan fingerprint density at radius 1 is 1.29 bits per heavy atom. The van der Waals surface area contributed by atoms with Gasteiger partial charge in [0, 0.05) is 5.56 Å². The van der Waals surface area contributed by atoms with E-state index in [1.807, 2.05) is 12.1 Å². The van der Waals surface area contributed by atoms with Crippen molar-refractivity contribution < 1.29 is 0 Å². The lowest BCUT2D eigenvalue weighted by atomic mass is 9.99. The zero-order valence-corrected chi connectivity index (χ0v) is 8.75. The molecule has 1 aliphatic heterocycles. The van der Waals surface area contributed by atoms with Gasteiger partial charge in [-0.2, -0.15) is 10.5 Å². The number of aryl methyl sites for hydroxylation is 1. The predicted molar refractivity (Wildman–Crippen MR) is 59.0 cm³/mol. The lowest BCUT2D eigenvalue weighted by Gasteiger charge is -2.04. The van der Waals surface area contributed by atoms with Gasteiger partial charge in [0.15, 0.2) is 0 Å². The van der Waals surface area contributed by atoms with E-state index in [0.717, 1.165) is 12.1 Å². The summed E-state index contributed by atoms with van der Waals surface area (Å²) in [5, 5.41) is 4.24. The molecule has 1 aromatic rings. The number of hydrogen-bond donors (Lipinski definition) is 0. The van der Waals surface area contributed by atoms with Crippen LogP contribution in [0.1, 0.15) is 37.3 Å². The van der Waals surface area contributed by atoms with Crippen molar-refractivity contribution in [3.05, 3.63) is 29.3 Å². The highest BCUT2D eigenvalue weighted by molar-refractivity contribution is 6.07. The van der Waals surface area contributed by atoms with E-state index in [9.17, 15) is 0 Å². The minimum atomic E-state index is 1.04. The average molecular weight is 187 g/mol. The molecule has 0 fully saturated rings. The molecule has 0 saturated carbocycles. The van der Waals surface area contributed by atoms with Crippen molar-refractivity contribution in [2.24, 2.45) is 5.10 Å². The Kier molecular flexibility index (Phi) is 2.53. The summed E-state index contributed by atoms with van der Waals surface area (Å²) >= 11 is 0. The second-order valence-corrected chi connectivity index (χ2v) is 3.72. The van der Waals surface area contributed by atoms with E-state index in [1.54, 1.807) is 0 Å². The molecule has 0 amide bonds. The van der Waals surface area contributed by atoms with Crippen LogP contribution in [-0.2, 0) is 0 Å². The highest BCUT2D eigenvalue weighted by Crippen LogP contribution is 2.27. The molecule has 0 unspecified atom stereocenters. The van der Waals surface area contributed by atoms with E-state index in [0.29, 0.717) is 0 Å². The molecule has 0 atom stereocenters. The summed E-state index contributed by atoms with van der Waals surface area (Å²) in [6.45, 7) is 4.33. The number of unbranched alkanes of at least 4 members (excludes halogenated alkanes) is 1. The van der Waals surface area contributed by atoms with Crippen molar-refractivity contribution in [3.63, 3.8) is 0 Å². The molecule has 2 rings (SSSR count). The molecule has 1 heterocycles. The summed E-state index contributed by atoms with van der Waals surface area (Å²) in [6, 6.07) is 6.20. The molecule has 0 bridgehead atoms. The van der Waals surface area contributed by atoms with Gasteiger partial charge in [0.25, 0.3) is 0 Å². The van der Waals surface area contributed by atoms with Crippen LogP contribution in [0.3, 0.4) is 0 Å². The fraction of sp³-hybridized carbons (Fsp3) is 0.417. The Bertz CT molecular complexity index is 367. The summed E-state index contributed by atoms with van der Waals surface area (Å²) in [4.78, 5) is 0. The van der Waals surface area contributed by atoms with Gasteiger partial charge < -0.3 is 0 Å². The van der Waals surface area contributed by atoms with Crippen LogP contribution in [0.25, 0.3) is 0 Å². The molecule has 0 aromatic heterocycles. The molecular weight excluding hydrogens is 172 g/mol. The number of hydrogen-bond acceptors (Lipinski definition) is 1. The van der Waals surface area contributed by atoms with Crippen molar-refractivity contribution in [2.45, 2.75) is 33.1 Å². The van der Waals surface area contributed by atoms with Crippen molar-refractivity contribution in [1.29, 1.82) is 0 Å². The van der Waals surface area contributed by atoms with Gasteiger partial charge in [0.2, 0.25) is 0 Å². The maximum Gasteiger partial charge on any atom is 0.0950 e. The van der Waals surface area contributed by atoms with E-state index in [4.69, 9.17) is 0 Å². The van der Waals surface area contributed by atoms with Gasteiger partial charge in [-0.3, -0.25) is 0 Å². The Hall–Kier alpha value is -1.31. The Morgan fingerprint density at radius 3 is 2.93 bits per heavy atom. The lowest BCUT2D eigenvalue weighted by molar-refractivity contribution is 0.831. The predicted octanol–water partition coefficient (Wildman–Crippen LogP) is 3.14. The minimum absolute atomic E-state index is 1.04. The van der Waals surface area contributed by atoms with Gasteiger partial charge in [0.1, 0.15) is 0 Å². The first kappa shape index (κ1) is 9.25. The first-order chi connectivity index (χ1) is 6.83. The van der Waals surface area contributed by atoms with Crippen molar-refractivity contribution in [3.8, 4) is 0 Å². The maximum atomic E-state index is 4.24. The van der Waals surface area contributed by atoms with Gasteiger partial charge in [-0.15, -0.1) is 0 Å². The third-order valence-corrected chi connectivity index (χ3v) is 2.58. The quantitative estimate of drug-likeness (QED) is 0.695. The molecule has 1 aromatic carbocycles. The average Bonchev–Trinajstić information content (AvgIpc) is 2.59. The normalized spacial score (nSPS) is 13.4. The molecule has 73 valence electrons. The van der Waals surface area contributed by atoms with Gasteiger partial charge in [-0.1, -0.05) is 25.5 Å². The minimum Gasteiger partial charge on any atom is -0.154 e. The van der Waals surface area contributed by atoms with Crippen LogP contribution in [0, 0.1) is 6.92 Å². The molecule has 0 aliphatic carbocycles. The number of nitrogens with zero attached hydrogens (tertiary/aromatic N) is 2. The third-order valence-electron chi connectivity index (χ3n) is 2.58. The lowest BCUT2D eigenvalue weighted by Crippen LogP contribution is -1.99. The van der Waals surface area contributed by atoms with Gasteiger partial charge >= 0.3 is 0 Å². The SMILES string of the molecule is CCCCC1=N[N]c2cccc(C)c21. The van der Waals surface area contributed by atoms with Crippen LogP contribution in [0.15, 0.2) is 23.3 Å². The molecule has 2 heteroatoms. The third kappa shape index (κ3) is 1.52. The van der Waals surface area contributed by atoms with Crippen LogP contribution in [0.2, 0.25) is 0 Å². The van der Waals surface area contributed by atoms with Gasteiger partial charge in [-0.05, 0) is 31.4 Å². The topological polar surface area (TPSA) is 26.5 Å². The first-order valence-corrected chi connectivity index (χ1v) is 5.20. The molecule has 14 heavy (non-hydrogen) atoms. The largest absolute Gasteiger partial charge is 0.154 e.